The average Bonchev–Trinajstić information content (AvgIpc) is 3.16. The molecule has 2 aliphatic rings. The van der Waals surface area contributed by atoms with E-state index in [0.717, 1.165) is 4.88 Å². The first kappa shape index (κ1) is 23.7. The van der Waals surface area contributed by atoms with Crippen LogP contribution in [0.25, 0.3) is 0 Å². The molecule has 11 heteroatoms. The minimum Gasteiger partial charge on any atom is -0.477 e. The third-order valence-electron chi connectivity index (χ3n) is 4.40. The zero-order chi connectivity index (χ0) is 22.8. The van der Waals surface area contributed by atoms with Crippen molar-refractivity contribution < 1.29 is 29.0 Å². The molecule has 3 heterocycles. The van der Waals surface area contributed by atoms with E-state index in [9.17, 15) is 24.3 Å². The van der Waals surface area contributed by atoms with Gasteiger partial charge in [-0.05, 0) is 37.8 Å². The Bertz CT molecular complexity index is 907. The fourth-order valence-electron chi connectivity index (χ4n) is 3.22. The maximum Gasteiger partial charge on any atom is 0.352 e. The number of thioether (sulfide) groups is 2. The summed E-state index contributed by atoms with van der Waals surface area (Å²) in [5, 5.41) is 13.9. The lowest BCUT2D eigenvalue weighted by atomic mass is 10.0. The van der Waals surface area contributed by atoms with E-state index in [1.807, 2.05) is 17.5 Å². The number of hydrogen-bond donors (Lipinski definition) is 2. The van der Waals surface area contributed by atoms with Gasteiger partial charge in [0.1, 0.15) is 22.7 Å². The molecule has 31 heavy (non-hydrogen) atoms. The van der Waals surface area contributed by atoms with E-state index in [0.29, 0.717) is 17.1 Å². The monoisotopic (exact) mass is 484 g/mol. The second-order valence-electron chi connectivity index (χ2n) is 8.05. The Morgan fingerprint density at radius 1 is 1.35 bits per heavy atom. The number of thiophene rings is 1. The van der Waals surface area contributed by atoms with Crippen molar-refractivity contribution in [2.24, 2.45) is 0 Å². The number of carboxylic acid groups (broad SMARTS) is 1. The van der Waals surface area contributed by atoms with E-state index in [1.165, 1.54) is 39.8 Å². The second-order valence-corrected chi connectivity index (χ2v) is 11.2. The van der Waals surface area contributed by atoms with Crippen LogP contribution in [0.15, 0.2) is 28.8 Å². The van der Waals surface area contributed by atoms with Gasteiger partial charge in [-0.2, -0.15) is 0 Å². The lowest BCUT2D eigenvalue weighted by molar-refractivity contribution is -0.151. The van der Waals surface area contributed by atoms with E-state index in [-0.39, 0.29) is 29.7 Å². The van der Waals surface area contributed by atoms with Crippen molar-refractivity contribution in [3.8, 4) is 0 Å². The predicted octanol–water partition coefficient (Wildman–Crippen LogP) is 2.10. The fraction of sp³-hybridized carbons (Fsp3) is 0.500. The number of aliphatic carboxylic acids is 1. The lowest BCUT2D eigenvalue weighted by Crippen LogP contribution is -2.70. The van der Waals surface area contributed by atoms with Crippen LogP contribution in [0.2, 0.25) is 0 Å². The summed E-state index contributed by atoms with van der Waals surface area (Å²) >= 11 is 4.13. The number of hydrogen-bond acceptors (Lipinski definition) is 8. The van der Waals surface area contributed by atoms with E-state index in [4.69, 9.17) is 4.74 Å². The van der Waals surface area contributed by atoms with Crippen LogP contribution in [0.3, 0.4) is 0 Å². The fourth-order valence-corrected chi connectivity index (χ4v) is 6.21. The first-order chi connectivity index (χ1) is 14.6. The summed E-state index contributed by atoms with van der Waals surface area (Å²) in [7, 11) is 0. The highest BCUT2D eigenvalue weighted by Crippen LogP contribution is 2.41. The number of rotatable bonds is 8. The van der Waals surface area contributed by atoms with Crippen LogP contribution in [0, 0.1) is 0 Å². The second kappa shape index (κ2) is 9.66. The molecule has 0 spiro atoms. The third-order valence-corrected chi connectivity index (χ3v) is 7.61. The van der Waals surface area contributed by atoms with Crippen LogP contribution in [-0.4, -0.2) is 68.0 Å². The van der Waals surface area contributed by atoms with Crippen molar-refractivity contribution in [2.45, 2.75) is 44.2 Å². The summed E-state index contributed by atoms with van der Waals surface area (Å²) in [5.74, 6) is -1.44. The molecule has 1 fully saturated rings. The molecule has 0 radical (unpaired) electrons. The summed E-state index contributed by atoms with van der Waals surface area (Å²) in [6, 6.07) is 2.97. The summed E-state index contributed by atoms with van der Waals surface area (Å²) in [6.45, 7) is 5.34. The number of carbonyl (C=O) groups excluding carboxylic acids is 3. The molecule has 2 unspecified atom stereocenters. The first-order valence-electron chi connectivity index (χ1n) is 9.58. The van der Waals surface area contributed by atoms with Gasteiger partial charge in [0, 0.05) is 16.4 Å². The highest BCUT2D eigenvalue weighted by Gasteiger charge is 2.54. The topological polar surface area (TPSA) is 113 Å². The van der Waals surface area contributed by atoms with Crippen LogP contribution in [-0.2, 0) is 30.3 Å². The molecule has 2 amide bonds. The van der Waals surface area contributed by atoms with Crippen LogP contribution >= 0.6 is 34.9 Å². The number of fused-ring (bicyclic) bond motifs is 1. The van der Waals surface area contributed by atoms with E-state index >= 15 is 0 Å². The van der Waals surface area contributed by atoms with Crippen molar-refractivity contribution in [3.63, 3.8) is 0 Å². The number of nitrogens with one attached hydrogen (secondary N) is 1. The summed E-state index contributed by atoms with van der Waals surface area (Å²) in [6.07, 6.45) is 0.188. The van der Waals surface area contributed by atoms with Gasteiger partial charge in [0.2, 0.25) is 5.91 Å². The van der Waals surface area contributed by atoms with Gasteiger partial charge in [-0.15, -0.1) is 34.9 Å². The molecule has 1 saturated heterocycles. The Morgan fingerprint density at radius 2 is 2.10 bits per heavy atom. The molecule has 3 rings (SSSR count). The molecule has 0 bridgehead atoms. The summed E-state index contributed by atoms with van der Waals surface area (Å²) in [5.41, 5.74) is -0.0439. The summed E-state index contributed by atoms with van der Waals surface area (Å²) < 4.78 is 5.25. The SMILES string of the molecule is CC(C)(C)OC(=O)CSCC1=C(C(=O)O)N2C(=O)C(NC(=O)Cc3cccs3)C2SC1. The van der Waals surface area contributed by atoms with Gasteiger partial charge in [0.05, 0.1) is 12.2 Å². The number of esters is 1. The molecule has 1 aromatic heterocycles. The van der Waals surface area contributed by atoms with Gasteiger partial charge in [-0.3, -0.25) is 19.3 Å². The highest BCUT2D eigenvalue weighted by atomic mass is 32.2. The van der Waals surface area contributed by atoms with Gasteiger partial charge in [-0.25, -0.2) is 4.79 Å². The summed E-state index contributed by atoms with van der Waals surface area (Å²) in [4.78, 5) is 50.8. The van der Waals surface area contributed by atoms with Crippen molar-refractivity contribution in [1.82, 2.24) is 10.2 Å². The molecule has 0 aliphatic carbocycles. The number of nitrogens with zero attached hydrogens (tertiary/aromatic N) is 1. The molecule has 2 N–H and O–H groups in total. The number of β-lactam (4-membered cyclic amide) rings is 1. The largest absolute Gasteiger partial charge is 0.477 e. The van der Waals surface area contributed by atoms with E-state index < -0.39 is 28.9 Å². The highest BCUT2D eigenvalue weighted by molar-refractivity contribution is 8.01. The smallest absolute Gasteiger partial charge is 0.352 e. The Balaban J connectivity index is 1.60. The standard InChI is InChI=1S/C20H24N2O6S3/c1-20(2,3)28-14(24)10-29-8-11-9-31-18-15(17(25)22(18)16(11)19(26)27)21-13(23)7-12-5-4-6-30-12/h4-6,15,18H,7-10H2,1-3H3,(H,21,23)(H,26,27). The van der Waals surface area contributed by atoms with Crippen molar-refractivity contribution in [3.05, 3.63) is 33.7 Å². The van der Waals surface area contributed by atoms with E-state index in [2.05, 4.69) is 5.32 Å². The Kier molecular flexibility index (Phi) is 7.38. The molecule has 2 aliphatic heterocycles. The Labute approximate surface area is 192 Å². The van der Waals surface area contributed by atoms with Crippen molar-refractivity contribution in [1.29, 1.82) is 0 Å². The van der Waals surface area contributed by atoms with Crippen molar-refractivity contribution >= 4 is 58.6 Å². The minimum absolute atomic E-state index is 0.0470. The van der Waals surface area contributed by atoms with Gasteiger partial charge >= 0.3 is 11.9 Å². The quantitative estimate of drug-likeness (QED) is 0.426. The number of carboxylic acids is 1. The van der Waals surface area contributed by atoms with Crippen LogP contribution < -0.4 is 5.32 Å². The number of amides is 2. The molecule has 8 nitrogen and oxygen atoms in total. The first-order valence-corrected chi connectivity index (χ1v) is 12.7. The average molecular weight is 485 g/mol. The van der Waals surface area contributed by atoms with Gasteiger partial charge in [-0.1, -0.05) is 6.07 Å². The minimum atomic E-state index is -1.19. The maximum absolute atomic E-state index is 12.7. The van der Waals surface area contributed by atoms with Gasteiger partial charge < -0.3 is 15.2 Å². The normalized spacial score (nSPS) is 20.7. The lowest BCUT2D eigenvalue weighted by Gasteiger charge is -2.49. The van der Waals surface area contributed by atoms with Crippen LogP contribution in [0.4, 0.5) is 0 Å². The molecule has 2 atom stereocenters. The molecular weight excluding hydrogens is 460 g/mol. The Morgan fingerprint density at radius 3 is 2.71 bits per heavy atom. The third kappa shape index (κ3) is 5.83. The Hall–Kier alpha value is -1.98. The molecular formula is C20H24N2O6S3. The predicted molar refractivity (Wildman–Crippen MR) is 121 cm³/mol. The molecule has 1 aromatic rings. The zero-order valence-electron chi connectivity index (χ0n) is 17.4. The molecule has 0 saturated carbocycles. The van der Waals surface area contributed by atoms with Crippen molar-refractivity contribution in [2.75, 3.05) is 17.3 Å². The maximum atomic E-state index is 12.7. The molecule has 0 aromatic carbocycles. The van der Waals surface area contributed by atoms with E-state index in [1.54, 1.807) is 20.8 Å². The van der Waals surface area contributed by atoms with Gasteiger partial charge in [0.25, 0.3) is 5.91 Å². The number of carbonyl (C=O) groups is 4. The van der Waals surface area contributed by atoms with Crippen LogP contribution in [0.1, 0.15) is 25.6 Å². The van der Waals surface area contributed by atoms with Crippen LogP contribution in [0.5, 0.6) is 0 Å². The molecule has 168 valence electrons. The zero-order valence-corrected chi connectivity index (χ0v) is 19.8. The number of ether oxygens (including phenoxy) is 1. The van der Waals surface area contributed by atoms with Gasteiger partial charge in [0.15, 0.2) is 0 Å².